The Morgan fingerprint density at radius 1 is 1.42 bits per heavy atom. The topological polar surface area (TPSA) is 99.6 Å². The number of imidazole rings is 1. The summed E-state index contributed by atoms with van der Waals surface area (Å²) in [7, 11) is 0. The largest absolute Gasteiger partial charge is 0.378 e. The minimum atomic E-state index is -1.02. The molecule has 7 nitrogen and oxygen atoms in total. The second-order valence-corrected chi connectivity index (χ2v) is 6.95. The van der Waals surface area contributed by atoms with Crippen molar-refractivity contribution in [2.75, 3.05) is 0 Å². The van der Waals surface area contributed by atoms with Gasteiger partial charge in [-0.2, -0.15) is 5.10 Å². The van der Waals surface area contributed by atoms with Crippen LogP contribution in [-0.2, 0) is 0 Å². The van der Waals surface area contributed by atoms with Crippen LogP contribution in [0.15, 0.2) is 29.3 Å². The predicted molar refractivity (Wildman–Crippen MR) is 91.7 cm³/mol. The fourth-order valence-electron chi connectivity index (χ4n) is 2.17. The van der Waals surface area contributed by atoms with E-state index in [1.54, 1.807) is 20.0 Å². The number of hydrogen-bond acceptors (Lipinski definition) is 5. The molecule has 3 N–H and O–H groups in total. The monoisotopic (exact) mass is 343 g/mol. The molecule has 0 amide bonds. The van der Waals surface area contributed by atoms with Crippen LogP contribution in [0.5, 0.6) is 0 Å². The van der Waals surface area contributed by atoms with Gasteiger partial charge in [0.1, 0.15) is 5.60 Å². The smallest absolute Gasteiger partial charge is 0.340 e. The Balaban J connectivity index is 1.92. The molecule has 8 heteroatoms. The van der Waals surface area contributed by atoms with E-state index in [-0.39, 0.29) is 11.7 Å². The number of rotatable bonds is 3. The van der Waals surface area contributed by atoms with E-state index in [2.05, 4.69) is 32.0 Å². The Morgan fingerprint density at radius 3 is 2.88 bits per heavy atom. The van der Waals surface area contributed by atoms with E-state index in [9.17, 15) is 9.90 Å². The maximum atomic E-state index is 11.2. The average molecular weight is 343 g/mol. The molecule has 3 aromatic rings. The first-order valence-electron chi connectivity index (χ1n) is 7.37. The molecule has 0 aliphatic carbocycles. The highest BCUT2D eigenvalue weighted by molar-refractivity contribution is 7.15. The number of thiophene rings is 1. The summed E-state index contributed by atoms with van der Waals surface area (Å²) in [6, 6.07) is 3.67. The zero-order chi connectivity index (χ0) is 17.3. The molecule has 3 heterocycles. The molecule has 0 fully saturated rings. The lowest BCUT2D eigenvalue weighted by molar-refractivity contribution is 0.143. The lowest BCUT2D eigenvalue weighted by atomic mass is 10.1. The highest BCUT2D eigenvalue weighted by Crippen LogP contribution is 2.29. The first-order valence-corrected chi connectivity index (χ1v) is 8.18. The summed E-state index contributed by atoms with van der Waals surface area (Å²) in [5.41, 5.74) is -1.36. The van der Waals surface area contributed by atoms with E-state index in [4.69, 9.17) is 0 Å². The maximum Gasteiger partial charge on any atom is 0.340 e. The van der Waals surface area contributed by atoms with Crippen LogP contribution in [-0.4, -0.2) is 35.4 Å². The lowest BCUT2D eigenvalue weighted by Crippen LogP contribution is -2.14. The van der Waals surface area contributed by atoms with Gasteiger partial charge in [-0.15, -0.1) is 11.3 Å². The van der Waals surface area contributed by atoms with Crippen molar-refractivity contribution in [3.8, 4) is 22.5 Å². The Kier molecular flexibility index (Phi) is 4.13. The molecule has 0 radical (unpaired) electrons. The number of aliphatic hydroxyl groups is 1. The van der Waals surface area contributed by atoms with E-state index in [0.29, 0.717) is 5.82 Å². The number of aromatic nitrogens is 5. The van der Waals surface area contributed by atoms with Crippen LogP contribution >= 0.6 is 11.3 Å². The highest BCUT2D eigenvalue weighted by Gasteiger charge is 2.17. The summed E-state index contributed by atoms with van der Waals surface area (Å²) in [6.45, 7) is 5.22. The van der Waals surface area contributed by atoms with Gasteiger partial charge >= 0.3 is 5.69 Å². The van der Waals surface area contributed by atoms with Gasteiger partial charge in [0, 0.05) is 12.4 Å². The van der Waals surface area contributed by atoms with Gasteiger partial charge in [0.15, 0.2) is 11.6 Å². The summed E-state index contributed by atoms with van der Waals surface area (Å²) in [4.78, 5) is 20.1. The van der Waals surface area contributed by atoms with Crippen LogP contribution in [0.4, 0.5) is 0 Å². The molecule has 0 bridgehead atoms. The third-order valence-corrected chi connectivity index (χ3v) is 4.32. The summed E-state index contributed by atoms with van der Waals surface area (Å²) in [6.07, 6.45) is 3.55. The third-order valence-electron chi connectivity index (χ3n) is 3.32. The molecule has 0 aromatic carbocycles. The Labute approximate surface area is 142 Å². The van der Waals surface area contributed by atoms with Crippen LogP contribution in [0, 0.1) is 11.8 Å². The van der Waals surface area contributed by atoms with Crippen molar-refractivity contribution in [1.82, 2.24) is 24.7 Å². The normalized spacial score (nSPS) is 12.7. The van der Waals surface area contributed by atoms with Crippen molar-refractivity contribution in [1.29, 1.82) is 0 Å². The van der Waals surface area contributed by atoms with E-state index >= 15 is 0 Å². The van der Waals surface area contributed by atoms with Gasteiger partial charge in [0.05, 0.1) is 15.8 Å². The molecular weight excluding hydrogens is 326 g/mol. The third kappa shape index (κ3) is 3.48. The van der Waals surface area contributed by atoms with Gasteiger partial charge in [-0.25, -0.2) is 14.9 Å². The molecule has 1 atom stereocenters. The molecule has 0 aliphatic rings. The highest BCUT2D eigenvalue weighted by atomic mass is 32.1. The molecule has 0 spiro atoms. The number of hydrogen-bond donors (Lipinski definition) is 3. The van der Waals surface area contributed by atoms with Crippen molar-refractivity contribution in [2.24, 2.45) is 0 Å². The van der Waals surface area contributed by atoms with E-state index in [1.165, 1.54) is 11.3 Å². The number of aromatic amines is 2. The molecule has 0 saturated carbocycles. The van der Waals surface area contributed by atoms with Crippen molar-refractivity contribution >= 4 is 11.3 Å². The van der Waals surface area contributed by atoms with Gasteiger partial charge in [-0.1, -0.05) is 11.8 Å². The Bertz CT molecular complexity index is 961. The minimum Gasteiger partial charge on any atom is -0.378 e. The summed E-state index contributed by atoms with van der Waals surface area (Å²) in [5, 5.41) is 16.0. The van der Waals surface area contributed by atoms with Gasteiger partial charge in [0.25, 0.3) is 0 Å². The molecular formula is C16H17N5O2S. The maximum absolute atomic E-state index is 11.2. The minimum absolute atomic E-state index is 0.172. The molecule has 3 aromatic heterocycles. The van der Waals surface area contributed by atoms with Gasteiger partial charge < -0.3 is 9.67 Å². The number of nitrogens with zero attached hydrogens (tertiary/aromatic N) is 3. The van der Waals surface area contributed by atoms with E-state index < -0.39 is 5.60 Å². The zero-order valence-electron chi connectivity index (χ0n) is 13.5. The SMILES string of the molecule is C[C@H](c1n[nH]c(=O)[nH]1)n1ccnc1-c1ccc(C#CC(C)(C)O)s1. The molecule has 0 aliphatic heterocycles. The van der Waals surface area contributed by atoms with Crippen molar-refractivity contribution in [3.63, 3.8) is 0 Å². The van der Waals surface area contributed by atoms with Crippen molar-refractivity contribution in [2.45, 2.75) is 32.4 Å². The zero-order valence-corrected chi connectivity index (χ0v) is 14.3. The predicted octanol–water partition coefficient (Wildman–Crippen LogP) is 1.75. The quantitative estimate of drug-likeness (QED) is 0.631. The van der Waals surface area contributed by atoms with Crippen LogP contribution < -0.4 is 5.69 Å². The first kappa shape index (κ1) is 16.2. The van der Waals surface area contributed by atoms with Gasteiger partial charge in [-0.3, -0.25) is 4.98 Å². The van der Waals surface area contributed by atoms with Crippen LogP contribution in [0.25, 0.3) is 10.7 Å². The molecule has 24 heavy (non-hydrogen) atoms. The van der Waals surface area contributed by atoms with Crippen LogP contribution in [0.2, 0.25) is 0 Å². The molecule has 124 valence electrons. The summed E-state index contributed by atoms with van der Waals surface area (Å²) < 4.78 is 1.94. The number of H-pyrrole nitrogens is 2. The van der Waals surface area contributed by atoms with Gasteiger partial charge in [-0.05, 0) is 32.9 Å². The first-order chi connectivity index (χ1) is 11.3. The van der Waals surface area contributed by atoms with Crippen molar-refractivity contribution in [3.05, 3.63) is 45.7 Å². The fourth-order valence-corrected chi connectivity index (χ4v) is 3.03. The fraction of sp³-hybridized carbons (Fsp3) is 0.312. The molecule has 0 saturated heterocycles. The Morgan fingerprint density at radius 2 is 2.21 bits per heavy atom. The Hall–Kier alpha value is -2.63. The van der Waals surface area contributed by atoms with Gasteiger partial charge in [0.2, 0.25) is 0 Å². The van der Waals surface area contributed by atoms with Crippen molar-refractivity contribution < 1.29 is 5.11 Å². The molecule has 0 unspecified atom stereocenters. The second kappa shape index (κ2) is 6.11. The lowest BCUT2D eigenvalue weighted by Gasteiger charge is -2.12. The summed E-state index contributed by atoms with van der Waals surface area (Å²) >= 11 is 1.50. The van der Waals surface area contributed by atoms with Crippen LogP contribution in [0.3, 0.4) is 0 Å². The number of nitrogens with one attached hydrogen (secondary N) is 2. The summed E-state index contributed by atoms with van der Waals surface area (Å²) in [5.74, 6) is 7.08. The average Bonchev–Trinajstić information content (AvgIpc) is 3.23. The van der Waals surface area contributed by atoms with E-state index in [1.807, 2.05) is 29.8 Å². The van der Waals surface area contributed by atoms with Crippen LogP contribution in [0.1, 0.15) is 37.5 Å². The second-order valence-electron chi connectivity index (χ2n) is 5.87. The molecule has 3 rings (SSSR count). The standard InChI is InChI=1S/C16H17N5O2S/c1-10(13-18-15(22)20-19-13)21-9-8-17-14(21)12-5-4-11(24-12)6-7-16(2,3)23/h4-5,8-10,23H,1-3H3,(H2,18,19,20,22)/t10-/m1/s1. The van der Waals surface area contributed by atoms with E-state index in [0.717, 1.165) is 15.6 Å².